The van der Waals surface area contributed by atoms with Crippen molar-refractivity contribution in [1.82, 2.24) is 48.6 Å². The fourth-order valence-electron chi connectivity index (χ4n) is 11.5. The van der Waals surface area contributed by atoms with Gasteiger partial charge in [0.25, 0.3) is 5.91 Å². The number of nitrogens with zero attached hydrogens (tertiary/aromatic N) is 9. The molecule has 0 aliphatic carbocycles. The van der Waals surface area contributed by atoms with E-state index < -0.39 is 11.9 Å². The van der Waals surface area contributed by atoms with Gasteiger partial charge in [-0.05, 0) is 136 Å². The minimum absolute atomic E-state index is 0.140. The van der Waals surface area contributed by atoms with Gasteiger partial charge in [0.2, 0.25) is 11.8 Å². The molecule has 6 aromatic rings. The smallest absolute Gasteiger partial charge is 0.329 e. The molecule has 0 unspecified atom stereocenters. The van der Waals surface area contributed by atoms with Crippen LogP contribution >= 0.6 is 0 Å². The summed E-state index contributed by atoms with van der Waals surface area (Å²) in [7, 11) is 3.85. The zero-order chi connectivity index (χ0) is 46.5. The number of nitrogen functional groups attached to an aromatic ring is 1. The van der Waals surface area contributed by atoms with Gasteiger partial charge in [-0.15, -0.1) is 0 Å². The van der Waals surface area contributed by atoms with Gasteiger partial charge in [-0.25, -0.2) is 14.8 Å². The molecule has 4 saturated heterocycles. The van der Waals surface area contributed by atoms with Gasteiger partial charge in [0, 0.05) is 113 Å². The largest absolute Gasteiger partial charge is 0.384 e. The number of aryl methyl sites for hydroxylation is 2. The summed E-state index contributed by atoms with van der Waals surface area (Å²) in [4.78, 5) is 70.2. The number of anilines is 1. The zero-order valence-electron chi connectivity index (χ0n) is 39.2. The molecular weight excluding hydrogens is 843 g/mol. The van der Waals surface area contributed by atoms with Crippen molar-refractivity contribution in [1.29, 1.82) is 0 Å². The first kappa shape index (κ1) is 44.7. The number of carbonyl (C=O) groups is 3. The lowest BCUT2D eigenvalue weighted by atomic mass is 9.88. The molecule has 2 aromatic carbocycles. The maximum Gasteiger partial charge on any atom is 0.329 e. The van der Waals surface area contributed by atoms with Crippen LogP contribution in [-0.4, -0.2) is 119 Å². The van der Waals surface area contributed by atoms with Crippen LogP contribution in [0.5, 0.6) is 0 Å². The summed E-state index contributed by atoms with van der Waals surface area (Å²) in [5.41, 5.74) is 14.7. The summed E-state index contributed by atoms with van der Waals surface area (Å²) in [6, 6.07) is 22.7. The summed E-state index contributed by atoms with van der Waals surface area (Å²) >= 11 is 0. The van der Waals surface area contributed by atoms with E-state index in [4.69, 9.17) is 10.7 Å². The Balaban J connectivity index is 0.680. The maximum atomic E-state index is 13.7. The molecule has 0 radical (unpaired) electrons. The molecule has 3 atom stereocenters. The predicted molar refractivity (Wildman–Crippen MR) is 260 cm³/mol. The van der Waals surface area contributed by atoms with Crippen LogP contribution in [0, 0.1) is 5.92 Å². The molecule has 15 nitrogen and oxygen atoms in total. The predicted octanol–water partition coefficient (Wildman–Crippen LogP) is 5.85. The Morgan fingerprint density at radius 1 is 0.836 bits per heavy atom. The van der Waals surface area contributed by atoms with Gasteiger partial charge in [0.1, 0.15) is 17.5 Å². The highest BCUT2D eigenvalue weighted by molar-refractivity contribution is 6.00. The molecule has 4 aliphatic rings. The number of nitrogens with one attached hydrogen (secondary N) is 1. The van der Waals surface area contributed by atoms with Crippen molar-refractivity contribution < 1.29 is 14.4 Å². The number of carbonyl (C=O) groups excluding carboxylic acids is 3. The molecule has 8 heterocycles. The summed E-state index contributed by atoms with van der Waals surface area (Å²) in [6.07, 6.45) is 8.43. The van der Waals surface area contributed by atoms with Crippen LogP contribution in [0.2, 0.25) is 0 Å². The number of rotatable bonds is 10. The molecule has 0 saturated carbocycles. The fourth-order valence-corrected chi connectivity index (χ4v) is 11.5. The van der Waals surface area contributed by atoms with E-state index in [2.05, 4.69) is 91.8 Å². The van der Waals surface area contributed by atoms with E-state index in [1.54, 1.807) is 11.6 Å². The Kier molecular flexibility index (Phi) is 12.3. The molecule has 0 bridgehead atoms. The minimum Gasteiger partial charge on any atom is -0.384 e. The molecule has 3 N–H and O–H groups in total. The third-order valence-corrected chi connectivity index (χ3v) is 15.5. The maximum absolute atomic E-state index is 13.7. The van der Waals surface area contributed by atoms with Crippen LogP contribution in [0.3, 0.4) is 0 Å². The summed E-state index contributed by atoms with van der Waals surface area (Å²) in [5, 5.41) is 3.51. The second-order valence-electron chi connectivity index (χ2n) is 19.6. The molecular formula is C52H63N11O4. The van der Waals surface area contributed by atoms with Crippen molar-refractivity contribution in [2.75, 3.05) is 58.1 Å². The number of benzene rings is 2. The number of fused-ring (bicyclic) bond motifs is 2. The van der Waals surface area contributed by atoms with Crippen LogP contribution < -0.4 is 16.7 Å². The van der Waals surface area contributed by atoms with Crippen molar-refractivity contribution in [2.45, 2.75) is 83.0 Å². The number of imidazole rings is 1. The second kappa shape index (κ2) is 18.5. The molecule has 4 aliphatic heterocycles. The van der Waals surface area contributed by atoms with E-state index in [9.17, 15) is 19.2 Å². The van der Waals surface area contributed by atoms with Crippen molar-refractivity contribution in [3.63, 3.8) is 0 Å². The number of likely N-dealkylation sites (tertiary alicyclic amines) is 2. The number of hydrogen-bond donors (Lipinski definition) is 2. The average molecular weight is 906 g/mol. The molecule has 3 amide bonds. The summed E-state index contributed by atoms with van der Waals surface area (Å²) in [5.74, 6) is 0.972. The van der Waals surface area contributed by atoms with Gasteiger partial charge < -0.3 is 15.2 Å². The zero-order valence-corrected chi connectivity index (χ0v) is 39.2. The van der Waals surface area contributed by atoms with Crippen LogP contribution in [0.4, 0.5) is 5.82 Å². The highest BCUT2D eigenvalue weighted by atomic mass is 16.2. The van der Waals surface area contributed by atoms with Gasteiger partial charge in [-0.1, -0.05) is 18.2 Å². The molecule has 350 valence electrons. The summed E-state index contributed by atoms with van der Waals surface area (Å²) < 4.78 is 5.37. The average Bonchev–Trinajstić information content (AvgIpc) is 3.81. The van der Waals surface area contributed by atoms with E-state index in [-0.39, 0.29) is 30.0 Å². The van der Waals surface area contributed by atoms with Crippen molar-refractivity contribution in [3.05, 3.63) is 112 Å². The first-order valence-electron chi connectivity index (χ1n) is 24.2. The Morgan fingerprint density at radius 3 is 2.33 bits per heavy atom. The molecule has 10 rings (SSSR count). The van der Waals surface area contributed by atoms with Crippen LogP contribution in [0.25, 0.3) is 33.2 Å². The van der Waals surface area contributed by atoms with Crippen LogP contribution in [-0.2, 0) is 30.2 Å². The molecule has 0 spiro atoms. The second-order valence-corrected chi connectivity index (χ2v) is 19.6. The van der Waals surface area contributed by atoms with Gasteiger partial charge in [-0.2, -0.15) is 0 Å². The Bertz CT molecular complexity index is 2870. The monoisotopic (exact) mass is 906 g/mol. The number of pyridine rings is 2. The Morgan fingerprint density at radius 2 is 1.61 bits per heavy atom. The van der Waals surface area contributed by atoms with E-state index in [1.165, 1.54) is 15.8 Å². The number of piperidine rings is 3. The highest BCUT2D eigenvalue weighted by Crippen LogP contribution is 2.36. The van der Waals surface area contributed by atoms with E-state index in [0.29, 0.717) is 35.6 Å². The van der Waals surface area contributed by atoms with Gasteiger partial charge >= 0.3 is 5.69 Å². The first-order valence-corrected chi connectivity index (χ1v) is 24.2. The Labute approximate surface area is 391 Å². The van der Waals surface area contributed by atoms with Crippen molar-refractivity contribution >= 4 is 45.6 Å². The minimum atomic E-state index is -0.687. The number of amides is 3. The van der Waals surface area contributed by atoms with E-state index in [1.807, 2.05) is 42.7 Å². The lowest BCUT2D eigenvalue weighted by molar-refractivity contribution is -0.135. The fraction of sp³-hybridized carbons (Fsp3) is 0.462. The van der Waals surface area contributed by atoms with E-state index in [0.717, 1.165) is 123 Å². The van der Waals surface area contributed by atoms with Crippen LogP contribution in [0.1, 0.15) is 97.6 Å². The van der Waals surface area contributed by atoms with E-state index >= 15 is 0 Å². The summed E-state index contributed by atoms with van der Waals surface area (Å²) in [6.45, 7) is 12.9. The number of hydrogen-bond acceptors (Lipinski definition) is 10. The van der Waals surface area contributed by atoms with Gasteiger partial charge in [0.05, 0.1) is 11.0 Å². The SMILES string of the molecule is C[C@H]1CN(Cc2ccc3c(c2)n(C)c(=O)n3[C@@H]2CCC(=O)NC2=O)CCN1CC1CCN(C(=O)c2ccc(C3CCN([C@@H](C)c4cc5c(-c6ccc(N)nc6)ccnc5n4C)CC3)cc2)CC1. The number of imide groups is 1. The Hall–Kier alpha value is -6.16. The molecule has 67 heavy (non-hydrogen) atoms. The number of nitrogens with two attached hydrogens (primary N) is 1. The van der Waals surface area contributed by atoms with Gasteiger partial charge in [-0.3, -0.25) is 43.5 Å². The molecule has 4 fully saturated rings. The number of aromatic nitrogens is 5. The lowest BCUT2D eigenvalue weighted by Gasteiger charge is -2.42. The quantitative estimate of drug-likeness (QED) is 0.160. The first-order chi connectivity index (χ1) is 32.4. The third kappa shape index (κ3) is 8.80. The standard InChI is InChI=1S/C52H63N11O4/c1-33-30-59(31-36-5-11-43-46(27-36)58(4)52(67)63(43)44-12-14-48(64)56-50(44)65)25-26-62(33)32-35-16-21-61(22-17-35)51(66)39-8-6-37(7-9-39)38-18-23-60(24-19-38)34(2)45-28-42-41(15-20-54-49(42)57(45)3)40-10-13-47(53)55-29-40/h5-11,13,15,20,27-29,33-35,38,44H,12,14,16-19,21-26,30-32H2,1-4H3,(H2,53,55)(H,56,64,65)/t33-,34-,44+/m0/s1. The topological polar surface area (TPSA) is 160 Å². The third-order valence-electron chi connectivity index (χ3n) is 15.5. The van der Waals surface area contributed by atoms with Crippen molar-refractivity contribution in [3.8, 4) is 11.1 Å². The molecule has 15 heteroatoms. The van der Waals surface area contributed by atoms with Crippen molar-refractivity contribution in [2.24, 2.45) is 20.0 Å². The highest BCUT2D eigenvalue weighted by Gasteiger charge is 2.33. The van der Waals surface area contributed by atoms with Crippen LogP contribution in [0.15, 0.2) is 83.9 Å². The lowest BCUT2D eigenvalue weighted by Crippen LogP contribution is -2.53. The number of piperazine rings is 1. The van der Waals surface area contributed by atoms with Gasteiger partial charge in [0.15, 0.2) is 0 Å². The molecule has 4 aromatic heterocycles. The normalized spacial score (nSPS) is 21.3.